The predicted octanol–water partition coefficient (Wildman–Crippen LogP) is 7.99. The Labute approximate surface area is 212 Å². The first-order valence-electron chi connectivity index (χ1n) is 13.3. The Kier molecular flexibility index (Phi) is 15.5. The SMILES string of the molecule is CC(C)(C)C.CC(C)(C)C.Cc1ccc(C)c(CCCN(CCCC=O)CC(=O)C2CCC2)c1. The summed E-state index contributed by atoms with van der Waals surface area (Å²) in [5, 5.41) is 0. The fourth-order valence-electron chi connectivity index (χ4n) is 3.31. The van der Waals surface area contributed by atoms with Gasteiger partial charge in [-0.1, -0.05) is 85.6 Å². The number of benzene rings is 1. The normalized spacial score (nSPS) is 13.9. The van der Waals surface area contributed by atoms with Crippen molar-refractivity contribution in [2.24, 2.45) is 16.7 Å². The highest BCUT2D eigenvalue weighted by atomic mass is 16.1. The van der Waals surface area contributed by atoms with Crippen molar-refractivity contribution in [1.82, 2.24) is 4.90 Å². The molecule has 0 aromatic heterocycles. The molecule has 2 rings (SSSR count). The summed E-state index contributed by atoms with van der Waals surface area (Å²) in [7, 11) is 0. The van der Waals surface area contributed by atoms with Gasteiger partial charge in [-0.25, -0.2) is 0 Å². The van der Waals surface area contributed by atoms with Crippen LogP contribution in [-0.4, -0.2) is 36.6 Å². The topological polar surface area (TPSA) is 37.4 Å². The zero-order chi connectivity index (χ0) is 26.4. The van der Waals surface area contributed by atoms with E-state index in [1.807, 2.05) is 0 Å². The highest BCUT2D eigenvalue weighted by Gasteiger charge is 2.26. The van der Waals surface area contributed by atoms with Gasteiger partial charge in [0, 0.05) is 12.3 Å². The lowest BCUT2D eigenvalue weighted by Gasteiger charge is -2.28. The van der Waals surface area contributed by atoms with E-state index in [1.165, 1.54) is 23.1 Å². The minimum atomic E-state index is 0.303. The van der Waals surface area contributed by atoms with Crippen molar-refractivity contribution in [3.8, 4) is 0 Å². The number of hydrogen-bond donors (Lipinski definition) is 0. The lowest BCUT2D eigenvalue weighted by molar-refractivity contribution is -0.126. The highest BCUT2D eigenvalue weighted by molar-refractivity contribution is 5.83. The van der Waals surface area contributed by atoms with Crippen molar-refractivity contribution in [3.05, 3.63) is 34.9 Å². The van der Waals surface area contributed by atoms with Crippen molar-refractivity contribution >= 4 is 12.1 Å². The first-order chi connectivity index (χ1) is 15.6. The van der Waals surface area contributed by atoms with E-state index < -0.39 is 0 Å². The molecule has 196 valence electrons. The van der Waals surface area contributed by atoms with Crippen molar-refractivity contribution in [2.45, 2.75) is 114 Å². The third-order valence-corrected chi connectivity index (χ3v) is 5.16. The van der Waals surface area contributed by atoms with Crippen LogP contribution < -0.4 is 0 Å². The van der Waals surface area contributed by atoms with E-state index in [4.69, 9.17) is 0 Å². The smallest absolute Gasteiger partial charge is 0.149 e. The molecule has 0 spiro atoms. The molecule has 0 aliphatic heterocycles. The van der Waals surface area contributed by atoms with Crippen LogP contribution in [0.1, 0.15) is 111 Å². The molecule has 0 radical (unpaired) electrons. The zero-order valence-corrected chi connectivity index (χ0v) is 24.2. The van der Waals surface area contributed by atoms with Gasteiger partial charge < -0.3 is 4.79 Å². The van der Waals surface area contributed by atoms with E-state index in [9.17, 15) is 9.59 Å². The average Bonchev–Trinajstić information content (AvgIpc) is 2.60. The molecule has 1 fully saturated rings. The van der Waals surface area contributed by atoms with Crippen molar-refractivity contribution in [1.29, 1.82) is 0 Å². The minimum absolute atomic E-state index is 0.303. The number of carbonyl (C=O) groups excluding carboxylic acids is 2. The van der Waals surface area contributed by atoms with Gasteiger partial charge in [0.1, 0.15) is 12.1 Å². The van der Waals surface area contributed by atoms with Gasteiger partial charge in [-0.05, 0) is 81.0 Å². The van der Waals surface area contributed by atoms with Gasteiger partial charge in [-0.15, -0.1) is 0 Å². The Morgan fingerprint density at radius 1 is 0.941 bits per heavy atom. The summed E-state index contributed by atoms with van der Waals surface area (Å²) in [5.74, 6) is 0.705. The van der Waals surface area contributed by atoms with E-state index in [0.29, 0.717) is 35.5 Å². The summed E-state index contributed by atoms with van der Waals surface area (Å²) in [6.45, 7) is 24.1. The molecule has 1 aliphatic carbocycles. The number of rotatable bonds is 11. The third-order valence-electron chi connectivity index (χ3n) is 5.16. The Bertz CT molecular complexity index is 681. The first-order valence-corrected chi connectivity index (χ1v) is 13.3. The van der Waals surface area contributed by atoms with Crippen molar-refractivity contribution in [3.63, 3.8) is 0 Å². The number of unbranched alkanes of at least 4 members (excludes halogenated alkanes) is 1. The second kappa shape index (κ2) is 16.2. The number of aryl methyl sites for hydroxylation is 3. The predicted molar refractivity (Wildman–Crippen MR) is 149 cm³/mol. The monoisotopic (exact) mass is 473 g/mol. The molecule has 0 saturated heterocycles. The highest BCUT2D eigenvalue weighted by Crippen LogP contribution is 2.27. The Hall–Kier alpha value is -1.48. The van der Waals surface area contributed by atoms with Gasteiger partial charge in [-0.3, -0.25) is 9.69 Å². The Morgan fingerprint density at radius 3 is 1.94 bits per heavy atom. The van der Waals surface area contributed by atoms with Crippen LogP contribution in [0.3, 0.4) is 0 Å². The van der Waals surface area contributed by atoms with Gasteiger partial charge in [0.2, 0.25) is 0 Å². The molecular formula is C31H55NO2. The van der Waals surface area contributed by atoms with Crippen LogP contribution >= 0.6 is 0 Å². The van der Waals surface area contributed by atoms with Crippen LogP contribution in [0.25, 0.3) is 0 Å². The minimum Gasteiger partial charge on any atom is -0.303 e. The lowest BCUT2D eigenvalue weighted by atomic mass is 9.82. The molecule has 34 heavy (non-hydrogen) atoms. The fourth-order valence-corrected chi connectivity index (χ4v) is 3.31. The summed E-state index contributed by atoms with van der Waals surface area (Å²) in [6, 6.07) is 6.61. The maximum absolute atomic E-state index is 12.3. The Balaban J connectivity index is 0.000000916. The van der Waals surface area contributed by atoms with Gasteiger partial charge >= 0.3 is 0 Å². The number of nitrogens with zero attached hydrogens (tertiary/aromatic N) is 1. The van der Waals surface area contributed by atoms with Gasteiger partial charge in [0.15, 0.2) is 0 Å². The quantitative estimate of drug-likeness (QED) is 0.241. The number of ketones is 1. The number of Topliss-reactive ketones (excluding diaryl/α,β-unsaturated/α-hetero) is 1. The number of carbonyl (C=O) groups is 2. The van der Waals surface area contributed by atoms with Crippen molar-refractivity contribution in [2.75, 3.05) is 19.6 Å². The largest absolute Gasteiger partial charge is 0.303 e. The molecule has 1 saturated carbocycles. The van der Waals surface area contributed by atoms with Crippen LogP contribution in [0.4, 0.5) is 0 Å². The van der Waals surface area contributed by atoms with Crippen LogP contribution in [0.2, 0.25) is 0 Å². The molecule has 0 amide bonds. The first kappa shape index (κ1) is 32.5. The van der Waals surface area contributed by atoms with Gasteiger partial charge in [-0.2, -0.15) is 0 Å². The fraction of sp³-hybridized carbons (Fsp3) is 0.742. The van der Waals surface area contributed by atoms with E-state index in [0.717, 1.165) is 51.5 Å². The number of hydrogen-bond acceptors (Lipinski definition) is 3. The number of aldehydes is 1. The van der Waals surface area contributed by atoms with E-state index in [2.05, 4.69) is 92.3 Å². The van der Waals surface area contributed by atoms with Crippen LogP contribution in [0.5, 0.6) is 0 Å². The molecule has 1 aromatic rings. The molecule has 3 heteroatoms. The van der Waals surface area contributed by atoms with Crippen molar-refractivity contribution < 1.29 is 9.59 Å². The van der Waals surface area contributed by atoms with Crippen LogP contribution in [-0.2, 0) is 16.0 Å². The lowest BCUT2D eigenvalue weighted by Crippen LogP contribution is -2.37. The summed E-state index contributed by atoms with van der Waals surface area (Å²) in [6.07, 6.45) is 7.87. The van der Waals surface area contributed by atoms with E-state index in [-0.39, 0.29) is 0 Å². The third kappa shape index (κ3) is 19.9. The van der Waals surface area contributed by atoms with E-state index in [1.54, 1.807) is 0 Å². The van der Waals surface area contributed by atoms with E-state index >= 15 is 0 Å². The maximum atomic E-state index is 12.3. The second-order valence-electron chi connectivity index (χ2n) is 13.2. The molecule has 1 aromatic carbocycles. The molecule has 0 unspecified atom stereocenters. The molecule has 0 N–H and O–H groups in total. The molecule has 3 nitrogen and oxygen atoms in total. The molecule has 1 aliphatic rings. The molecule has 0 atom stereocenters. The summed E-state index contributed by atoms with van der Waals surface area (Å²) in [4.78, 5) is 25.1. The van der Waals surface area contributed by atoms with Gasteiger partial charge in [0.05, 0.1) is 6.54 Å². The van der Waals surface area contributed by atoms with Crippen LogP contribution in [0, 0.1) is 30.6 Å². The zero-order valence-electron chi connectivity index (χ0n) is 24.2. The molecular weight excluding hydrogens is 418 g/mol. The van der Waals surface area contributed by atoms with Gasteiger partial charge in [0.25, 0.3) is 0 Å². The second-order valence-corrected chi connectivity index (χ2v) is 13.2. The molecule has 0 heterocycles. The summed E-state index contributed by atoms with van der Waals surface area (Å²) >= 11 is 0. The maximum Gasteiger partial charge on any atom is 0.149 e. The Morgan fingerprint density at radius 2 is 1.47 bits per heavy atom. The average molecular weight is 474 g/mol. The standard InChI is InChI=1S/C21H31NO2.2C5H12/c1-17-10-11-18(2)20(15-17)9-6-13-22(12-3-4-14-23)16-21(24)19-7-5-8-19;2*1-5(2,3)4/h10-11,14-15,19H,3-9,12-13,16H2,1-2H3;2*1-4H3. The summed E-state index contributed by atoms with van der Waals surface area (Å²) < 4.78 is 0. The van der Waals surface area contributed by atoms with Crippen LogP contribution in [0.15, 0.2) is 18.2 Å². The molecule has 0 bridgehead atoms. The summed E-state index contributed by atoms with van der Waals surface area (Å²) in [5.41, 5.74) is 5.06.